The number of hydrogen-bond acceptors (Lipinski definition) is 7. The number of anilines is 1. The number of thiol groups is 1. The number of alkyl halides is 1. The van der Waals surface area contributed by atoms with Crippen molar-refractivity contribution in [1.29, 1.82) is 0 Å². The minimum atomic E-state index is -1.92. The van der Waals surface area contributed by atoms with E-state index < -0.39 is 35.7 Å². The molecule has 100 valence electrons. The van der Waals surface area contributed by atoms with E-state index in [1.807, 2.05) is 0 Å². The molecule has 4 atom stereocenters. The van der Waals surface area contributed by atoms with Crippen molar-refractivity contribution in [3.63, 3.8) is 0 Å². The summed E-state index contributed by atoms with van der Waals surface area (Å²) in [5.41, 5.74) is 4.49. The molecule has 0 saturated carbocycles. The Hall–Kier alpha value is -1.16. The van der Waals surface area contributed by atoms with Crippen LogP contribution in [0.25, 0.3) is 0 Å². The largest absolute Gasteiger partial charge is 0.392 e. The summed E-state index contributed by atoms with van der Waals surface area (Å²) in [5.74, 6) is -0.00972. The van der Waals surface area contributed by atoms with E-state index in [-0.39, 0.29) is 5.82 Å². The molecule has 0 radical (unpaired) electrons. The summed E-state index contributed by atoms with van der Waals surface area (Å²) in [6.07, 6.45) is -3.80. The van der Waals surface area contributed by atoms with Crippen LogP contribution in [-0.4, -0.2) is 43.6 Å². The number of aliphatic hydroxyl groups is 2. The highest BCUT2D eigenvalue weighted by Gasteiger charge is 2.54. The van der Waals surface area contributed by atoms with Gasteiger partial charge in [0.15, 0.2) is 17.3 Å². The van der Waals surface area contributed by atoms with Crippen molar-refractivity contribution < 1.29 is 19.3 Å². The van der Waals surface area contributed by atoms with Gasteiger partial charge in [-0.2, -0.15) is 4.98 Å². The predicted molar refractivity (Wildman–Crippen MR) is 62.7 cm³/mol. The zero-order valence-corrected chi connectivity index (χ0v) is 10.00. The van der Waals surface area contributed by atoms with E-state index >= 15 is 0 Å². The molecule has 1 aromatic heterocycles. The predicted octanol–water partition coefficient (Wildman–Crippen LogP) is -1.33. The van der Waals surface area contributed by atoms with Gasteiger partial charge in [-0.05, 0) is 6.07 Å². The third-order valence-corrected chi connectivity index (χ3v) is 3.22. The summed E-state index contributed by atoms with van der Waals surface area (Å²) in [5, 5.41) is 18.6. The van der Waals surface area contributed by atoms with E-state index in [2.05, 4.69) is 17.6 Å². The van der Waals surface area contributed by atoms with Crippen LogP contribution in [0, 0.1) is 0 Å². The van der Waals surface area contributed by atoms with Crippen molar-refractivity contribution in [2.45, 2.75) is 23.4 Å². The molecule has 1 aliphatic heterocycles. The van der Waals surface area contributed by atoms with E-state index in [1.165, 1.54) is 12.3 Å². The van der Waals surface area contributed by atoms with E-state index in [9.17, 15) is 14.3 Å². The minimum Gasteiger partial charge on any atom is -0.392 e. The fraction of sp³-hybridized carbons (Fsp3) is 0.556. The smallest absolute Gasteiger partial charge is 0.351 e. The maximum atomic E-state index is 13.9. The van der Waals surface area contributed by atoms with Gasteiger partial charge in [-0.25, -0.2) is 9.18 Å². The average Bonchev–Trinajstić information content (AvgIpc) is 2.55. The Balaban J connectivity index is 2.38. The summed E-state index contributed by atoms with van der Waals surface area (Å²) in [6, 6.07) is 1.29. The lowest BCUT2D eigenvalue weighted by atomic mass is 10.1. The van der Waals surface area contributed by atoms with Crippen molar-refractivity contribution in [2.75, 3.05) is 12.3 Å². The highest BCUT2D eigenvalue weighted by atomic mass is 32.1. The quantitative estimate of drug-likeness (QED) is 0.499. The second-order valence-electron chi connectivity index (χ2n) is 3.94. The van der Waals surface area contributed by atoms with Gasteiger partial charge in [0, 0.05) is 6.20 Å². The fourth-order valence-corrected chi connectivity index (χ4v) is 1.96. The van der Waals surface area contributed by atoms with E-state index in [4.69, 9.17) is 15.6 Å². The van der Waals surface area contributed by atoms with Crippen molar-refractivity contribution >= 4 is 18.4 Å². The third-order valence-electron chi connectivity index (χ3n) is 2.71. The molecule has 0 aliphatic carbocycles. The summed E-state index contributed by atoms with van der Waals surface area (Å²) in [6.45, 7) is -0.703. The normalized spacial score (nSPS) is 35.9. The molecular weight excluding hydrogens is 265 g/mol. The van der Waals surface area contributed by atoms with Crippen LogP contribution >= 0.6 is 12.6 Å². The van der Waals surface area contributed by atoms with Crippen molar-refractivity contribution in [1.82, 2.24) is 9.55 Å². The maximum absolute atomic E-state index is 13.9. The number of nitrogens with two attached hydrogens (primary N) is 1. The maximum Gasteiger partial charge on any atom is 0.351 e. The molecule has 0 spiro atoms. The number of hydrogen-bond donors (Lipinski definition) is 4. The van der Waals surface area contributed by atoms with Crippen LogP contribution in [-0.2, 0) is 4.74 Å². The lowest BCUT2D eigenvalue weighted by Crippen LogP contribution is -2.40. The van der Waals surface area contributed by atoms with Gasteiger partial charge in [-0.15, -0.1) is 12.6 Å². The third kappa shape index (κ3) is 1.99. The standard InChI is InChI=1S/C9H12FN3O4S/c10-5-6(15)9(18,3-14)17-7(5)13-2-1-4(11)12-8(13)16/h1-2,5-7,14-15,18H,3H2,(H2,11,12,16)/t5-,6-,7+,9-/m0/s1. The van der Waals surface area contributed by atoms with Crippen LogP contribution in [0.3, 0.4) is 0 Å². The molecule has 2 rings (SSSR count). The molecule has 4 N–H and O–H groups in total. The second kappa shape index (κ2) is 4.50. The molecular formula is C9H12FN3O4S. The van der Waals surface area contributed by atoms with Crippen LogP contribution in [0.5, 0.6) is 0 Å². The first kappa shape index (κ1) is 13.3. The first-order chi connectivity index (χ1) is 8.39. The molecule has 2 heterocycles. The number of halogens is 1. The highest BCUT2D eigenvalue weighted by molar-refractivity contribution is 7.81. The Bertz CT molecular complexity index is 513. The number of aliphatic hydroxyl groups excluding tert-OH is 2. The molecule has 9 heteroatoms. The number of ether oxygens (including phenoxy) is 1. The Kier molecular flexibility index (Phi) is 3.32. The van der Waals surface area contributed by atoms with E-state index in [0.717, 1.165) is 4.57 Å². The summed E-state index contributed by atoms with van der Waals surface area (Å²) >= 11 is 3.88. The van der Waals surface area contributed by atoms with Gasteiger partial charge < -0.3 is 20.7 Å². The lowest BCUT2D eigenvalue weighted by Gasteiger charge is -2.23. The molecule has 0 unspecified atom stereocenters. The zero-order chi connectivity index (χ0) is 13.5. The Morgan fingerprint density at radius 1 is 1.72 bits per heavy atom. The van der Waals surface area contributed by atoms with Crippen LogP contribution in [0.1, 0.15) is 6.23 Å². The van der Waals surface area contributed by atoms with Crippen molar-refractivity contribution in [3.8, 4) is 0 Å². The summed E-state index contributed by atoms with van der Waals surface area (Å²) in [7, 11) is 0. The molecule has 1 fully saturated rings. The number of nitrogen functional groups attached to an aromatic ring is 1. The van der Waals surface area contributed by atoms with Crippen LogP contribution in [0.4, 0.5) is 10.2 Å². The lowest BCUT2D eigenvalue weighted by molar-refractivity contribution is -0.0698. The molecule has 1 aromatic rings. The van der Waals surface area contributed by atoms with Gasteiger partial charge in [0.05, 0.1) is 6.61 Å². The average molecular weight is 277 g/mol. The molecule has 1 saturated heterocycles. The molecule has 7 nitrogen and oxygen atoms in total. The van der Waals surface area contributed by atoms with E-state index in [1.54, 1.807) is 0 Å². The Morgan fingerprint density at radius 2 is 2.39 bits per heavy atom. The fourth-order valence-electron chi connectivity index (χ4n) is 1.71. The first-order valence-electron chi connectivity index (χ1n) is 5.07. The Morgan fingerprint density at radius 3 is 2.89 bits per heavy atom. The second-order valence-corrected chi connectivity index (χ2v) is 4.70. The molecule has 1 aliphatic rings. The van der Waals surface area contributed by atoms with Crippen LogP contribution < -0.4 is 11.4 Å². The van der Waals surface area contributed by atoms with Crippen LogP contribution in [0.2, 0.25) is 0 Å². The van der Waals surface area contributed by atoms with Gasteiger partial charge in [0.2, 0.25) is 0 Å². The molecule has 0 amide bonds. The first-order valence-corrected chi connectivity index (χ1v) is 5.51. The number of rotatable bonds is 2. The monoisotopic (exact) mass is 277 g/mol. The summed E-state index contributed by atoms with van der Waals surface area (Å²) in [4.78, 5) is 13.2. The van der Waals surface area contributed by atoms with Gasteiger partial charge in [-0.1, -0.05) is 0 Å². The zero-order valence-electron chi connectivity index (χ0n) is 9.10. The summed E-state index contributed by atoms with van der Waals surface area (Å²) < 4.78 is 19.8. The van der Waals surface area contributed by atoms with Gasteiger partial charge in [-0.3, -0.25) is 4.57 Å². The number of aromatic nitrogens is 2. The molecule has 18 heavy (non-hydrogen) atoms. The SMILES string of the molecule is Nc1ccn([C@@H]2O[C@](S)(CO)[C@@H](O)[C@@H]2F)c(=O)n1. The van der Waals surface area contributed by atoms with Gasteiger partial charge >= 0.3 is 5.69 Å². The topological polar surface area (TPSA) is 111 Å². The number of nitrogens with zero attached hydrogens (tertiary/aromatic N) is 2. The highest BCUT2D eigenvalue weighted by Crippen LogP contribution is 2.40. The van der Waals surface area contributed by atoms with Crippen LogP contribution in [0.15, 0.2) is 17.1 Å². The molecule has 0 aromatic carbocycles. The van der Waals surface area contributed by atoms with Gasteiger partial charge in [0.1, 0.15) is 11.9 Å². The minimum absolute atomic E-state index is 0.00972. The van der Waals surface area contributed by atoms with E-state index in [0.29, 0.717) is 0 Å². The molecule has 0 bridgehead atoms. The van der Waals surface area contributed by atoms with Gasteiger partial charge in [0.25, 0.3) is 0 Å². The van der Waals surface area contributed by atoms with Crippen molar-refractivity contribution in [2.24, 2.45) is 0 Å². The Labute approximate surface area is 106 Å². The van der Waals surface area contributed by atoms with Crippen molar-refractivity contribution in [3.05, 3.63) is 22.7 Å².